The van der Waals surface area contributed by atoms with Gasteiger partial charge in [0.25, 0.3) is 0 Å². The van der Waals surface area contributed by atoms with Crippen LogP contribution in [0.25, 0.3) is 0 Å². The zero-order chi connectivity index (χ0) is 15.7. The summed E-state index contributed by atoms with van der Waals surface area (Å²) in [4.78, 5) is 10.7. The Morgan fingerprint density at radius 1 is 1.29 bits per heavy atom. The predicted molar refractivity (Wildman–Crippen MR) is 90.9 cm³/mol. The smallest absolute Gasteiger partial charge is 0.184 e. The van der Waals surface area contributed by atoms with E-state index in [1.54, 1.807) is 0 Å². The molecule has 2 saturated carbocycles. The normalized spacial score (nSPS) is 38.0. The molecule has 2 aliphatic rings. The van der Waals surface area contributed by atoms with Gasteiger partial charge in [-0.15, -0.1) is 0 Å². The van der Waals surface area contributed by atoms with Crippen molar-refractivity contribution in [2.75, 3.05) is 0 Å². The van der Waals surface area contributed by atoms with Crippen LogP contribution >= 0.6 is 0 Å². The number of fused-ring (bicyclic) bond motifs is 1. The zero-order valence-corrected chi connectivity index (χ0v) is 15.7. The molecule has 0 aromatic heterocycles. The summed E-state index contributed by atoms with van der Waals surface area (Å²) in [7, 11) is -1.45. The Balaban J connectivity index is 2.09. The molecule has 0 radical (unpaired) electrons. The van der Waals surface area contributed by atoms with E-state index in [0.717, 1.165) is 31.0 Å². The second-order valence-corrected chi connectivity index (χ2v) is 13.1. The molecule has 0 N–H and O–H groups in total. The minimum Gasteiger partial charge on any atom is -0.414 e. The molecule has 2 nitrogen and oxygen atoms in total. The Morgan fingerprint density at radius 3 is 2.62 bits per heavy atom. The van der Waals surface area contributed by atoms with Crippen LogP contribution in [0.1, 0.15) is 58.8 Å². The number of hydrogen-bond acceptors (Lipinski definition) is 2. The van der Waals surface area contributed by atoms with Crippen LogP contribution in [0.5, 0.6) is 0 Å². The summed E-state index contributed by atoms with van der Waals surface area (Å²) in [5, 5.41) is 0. The molecule has 0 heterocycles. The van der Waals surface area contributed by atoms with Crippen molar-refractivity contribution in [2.24, 2.45) is 23.2 Å². The molecule has 0 aliphatic heterocycles. The van der Waals surface area contributed by atoms with Gasteiger partial charge in [0.05, 0.1) is 0 Å². The van der Waals surface area contributed by atoms with Crippen molar-refractivity contribution in [2.45, 2.75) is 84.5 Å². The molecule has 0 saturated heterocycles. The van der Waals surface area contributed by atoms with Crippen molar-refractivity contribution in [3.05, 3.63) is 0 Å². The van der Waals surface area contributed by atoms with Crippen molar-refractivity contribution in [1.82, 2.24) is 0 Å². The van der Waals surface area contributed by atoms with Crippen LogP contribution in [-0.4, -0.2) is 20.7 Å². The molecule has 0 spiro atoms. The van der Waals surface area contributed by atoms with E-state index in [2.05, 4.69) is 33.5 Å². The van der Waals surface area contributed by atoms with Crippen molar-refractivity contribution >= 4 is 14.6 Å². The molecule has 0 bridgehead atoms. The summed E-state index contributed by atoms with van der Waals surface area (Å²) < 4.78 is 6.55. The lowest BCUT2D eigenvalue weighted by atomic mass is 9.61. The van der Waals surface area contributed by atoms with Crippen molar-refractivity contribution in [3.63, 3.8) is 0 Å². The van der Waals surface area contributed by atoms with E-state index < -0.39 is 8.32 Å². The van der Waals surface area contributed by atoms with Crippen LogP contribution in [0.15, 0.2) is 0 Å². The van der Waals surface area contributed by atoms with Gasteiger partial charge in [0.2, 0.25) is 0 Å². The van der Waals surface area contributed by atoms with Gasteiger partial charge in [0.15, 0.2) is 8.32 Å². The van der Waals surface area contributed by atoms with Crippen molar-refractivity contribution < 1.29 is 9.22 Å². The summed E-state index contributed by atoms with van der Waals surface area (Å²) in [6.45, 7) is 11.8. The first kappa shape index (κ1) is 17.2. The van der Waals surface area contributed by atoms with E-state index in [1.807, 2.05) is 0 Å². The molecule has 21 heavy (non-hydrogen) atoms. The molecular formula is C18H34O2Si. The molecule has 5 atom stereocenters. The third kappa shape index (κ3) is 3.79. The van der Waals surface area contributed by atoms with E-state index >= 15 is 0 Å². The SMILES string of the molecule is C[C@H](CCC=O)[C@H]1CCC2C(O[Si](C)(C)C)CCC[C@@]21C. The molecule has 122 valence electrons. The second-order valence-electron chi connectivity index (χ2n) is 8.68. The van der Waals surface area contributed by atoms with Gasteiger partial charge in [0, 0.05) is 12.5 Å². The Bertz CT molecular complexity index is 363. The van der Waals surface area contributed by atoms with Gasteiger partial charge in [-0.25, -0.2) is 0 Å². The lowest BCUT2D eigenvalue weighted by molar-refractivity contribution is -0.108. The van der Waals surface area contributed by atoms with Crippen LogP contribution in [0.2, 0.25) is 19.6 Å². The molecule has 0 aromatic rings. The van der Waals surface area contributed by atoms with Gasteiger partial charge in [-0.05, 0) is 74.9 Å². The standard InChI is InChI=1S/C18H34O2Si/c1-14(8-7-13-19)15-10-11-16-17(20-21(3,4)5)9-6-12-18(15,16)2/h13-17H,6-12H2,1-5H3/t14-,15-,16?,17?,18-/m1/s1. The molecular weight excluding hydrogens is 276 g/mol. The van der Waals surface area contributed by atoms with Gasteiger partial charge in [-0.3, -0.25) is 0 Å². The molecule has 2 unspecified atom stereocenters. The highest BCUT2D eigenvalue weighted by Crippen LogP contribution is 2.59. The number of hydrogen-bond donors (Lipinski definition) is 0. The highest BCUT2D eigenvalue weighted by Gasteiger charge is 2.53. The molecule has 0 amide bonds. The van der Waals surface area contributed by atoms with E-state index in [-0.39, 0.29) is 0 Å². The molecule has 2 aliphatic carbocycles. The maximum absolute atomic E-state index is 10.7. The quantitative estimate of drug-likeness (QED) is 0.507. The summed E-state index contributed by atoms with van der Waals surface area (Å²) in [6.07, 6.45) is 10.00. The monoisotopic (exact) mass is 310 g/mol. The van der Waals surface area contributed by atoms with E-state index in [9.17, 15) is 4.79 Å². The fraction of sp³-hybridized carbons (Fsp3) is 0.944. The third-order valence-corrected chi connectivity index (χ3v) is 7.08. The van der Waals surface area contributed by atoms with Gasteiger partial charge in [-0.1, -0.05) is 20.3 Å². The summed E-state index contributed by atoms with van der Waals surface area (Å²) in [6, 6.07) is 0. The third-order valence-electron chi connectivity index (χ3n) is 6.07. The number of carbonyl (C=O) groups is 1. The van der Waals surface area contributed by atoms with Crippen LogP contribution in [0, 0.1) is 23.2 Å². The Hall–Kier alpha value is -0.153. The fourth-order valence-electron chi connectivity index (χ4n) is 5.22. The van der Waals surface area contributed by atoms with Crippen LogP contribution < -0.4 is 0 Å². The maximum Gasteiger partial charge on any atom is 0.184 e. The molecule has 2 rings (SSSR count). The highest BCUT2D eigenvalue weighted by atomic mass is 28.4. The van der Waals surface area contributed by atoms with Crippen molar-refractivity contribution in [3.8, 4) is 0 Å². The molecule has 2 fully saturated rings. The number of rotatable bonds is 6. The van der Waals surface area contributed by atoms with Crippen LogP contribution in [0.4, 0.5) is 0 Å². The van der Waals surface area contributed by atoms with E-state index in [1.165, 1.54) is 32.1 Å². The number of aldehydes is 1. The number of carbonyl (C=O) groups excluding carboxylic acids is 1. The first-order valence-electron chi connectivity index (χ1n) is 8.89. The maximum atomic E-state index is 10.7. The predicted octanol–water partition coefficient (Wildman–Crippen LogP) is 5.04. The Morgan fingerprint density at radius 2 is 2.00 bits per heavy atom. The van der Waals surface area contributed by atoms with Crippen LogP contribution in [-0.2, 0) is 9.22 Å². The Kier molecular flexibility index (Phi) is 5.35. The van der Waals surface area contributed by atoms with E-state index in [0.29, 0.717) is 17.4 Å². The van der Waals surface area contributed by atoms with E-state index in [4.69, 9.17) is 4.43 Å². The van der Waals surface area contributed by atoms with Gasteiger partial charge in [0.1, 0.15) is 6.29 Å². The van der Waals surface area contributed by atoms with Gasteiger partial charge in [-0.2, -0.15) is 0 Å². The first-order valence-corrected chi connectivity index (χ1v) is 12.3. The van der Waals surface area contributed by atoms with Gasteiger partial charge >= 0.3 is 0 Å². The average Bonchev–Trinajstić information content (AvgIpc) is 2.72. The summed E-state index contributed by atoms with van der Waals surface area (Å²) in [5.41, 5.74) is 0.449. The molecule has 3 heteroatoms. The second kappa shape index (κ2) is 6.53. The summed E-state index contributed by atoms with van der Waals surface area (Å²) >= 11 is 0. The van der Waals surface area contributed by atoms with Crippen molar-refractivity contribution in [1.29, 1.82) is 0 Å². The summed E-state index contributed by atoms with van der Waals surface area (Å²) in [5.74, 6) is 2.22. The van der Waals surface area contributed by atoms with Crippen LogP contribution in [0.3, 0.4) is 0 Å². The van der Waals surface area contributed by atoms with Gasteiger partial charge < -0.3 is 9.22 Å². The fourth-order valence-corrected chi connectivity index (χ4v) is 6.41. The minimum atomic E-state index is -1.45. The largest absolute Gasteiger partial charge is 0.414 e. The Labute approximate surface area is 132 Å². The lowest BCUT2D eigenvalue weighted by Gasteiger charge is -2.48. The minimum absolute atomic E-state index is 0.449. The molecule has 0 aromatic carbocycles. The topological polar surface area (TPSA) is 26.3 Å². The average molecular weight is 311 g/mol. The first-order chi connectivity index (χ1) is 9.78. The highest BCUT2D eigenvalue weighted by molar-refractivity contribution is 6.69. The zero-order valence-electron chi connectivity index (χ0n) is 14.7. The lowest BCUT2D eigenvalue weighted by Crippen LogP contribution is -2.46.